The topological polar surface area (TPSA) is 79.6 Å². The third-order valence-corrected chi connectivity index (χ3v) is 6.21. The van der Waals surface area contributed by atoms with Crippen LogP contribution in [0.2, 0.25) is 5.02 Å². The Morgan fingerprint density at radius 1 is 1.17 bits per heavy atom. The highest BCUT2D eigenvalue weighted by atomic mass is 35.5. The van der Waals surface area contributed by atoms with Crippen LogP contribution in [0, 0.1) is 17.0 Å². The molecule has 3 aromatic rings. The zero-order valence-corrected chi connectivity index (χ0v) is 18.7. The van der Waals surface area contributed by atoms with Crippen molar-refractivity contribution in [2.45, 2.75) is 19.8 Å². The first-order valence-corrected chi connectivity index (χ1v) is 10.7. The van der Waals surface area contributed by atoms with E-state index in [1.807, 2.05) is 33.2 Å². The van der Waals surface area contributed by atoms with E-state index in [1.54, 1.807) is 17.0 Å². The Morgan fingerprint density at radius 2 is 1.87 bits per heavy atom. The molecule has 0 unspecified atom stereocenters. The van der Waals surface area contributed by atoms with Crippen LogP contribution in [-0.2, 0) is 11.2 Å². The molecule has 0 spiro atoms. The Balaban J connectivity index is 1.86. The van der Waals surface area contributed by atoms with Gasteiger partial charge in [0.05, 0.1) is 21.6 Å². The Morgan fingerprint density at radius 3 is 2.50 bits per heavy atom. The number of non-ortho nitro benzene ring substituents is 1. The largest absolute Gasteiger partial charge is 0.309 e. The maximum Gasteiger partial charge on any atom is 0.269 e. The van der Waals surface area contributed by atoms with E-state index in [0.717, 1.165) is 34.3 Å². The molecule has 1 amide bonds. The van der Waals surface area contributed by atoms with Gasteiger partial charge in [0.2, 0.25) is 5.91 Å². The number of hydrogen-bond donors (Lipinski definition) is 0. The highest BCUT2D eigenvalue weighted by molar-refractivity contribution is 7.22. The van der Waals surface area contributed by atoms with Gasteiger partial charge in [0.25, 0.3) is 5.69 Å². The van der Waals surface area contributed by atoms with E-state index in [-0.39, 0.29) is 18.0 Å². The summed E-state index contributed by atoms with van der Waals surface area (Å²) in [6.07, 6.45) is 0.949. The zero-order valence-electron chi connectivity index (χ0n) is 17.1. The number of nitro groups is 1. The number of carbonyl (C=O) groups is 1. The molecular formula is C21H23ClN4O3S. The number of anilines is 1. The number of halogens is 1. The van der Waals surface area contributed by atoms with Crippen molar-refractivity contribution in [2.75, 3.05) is 32.1 Å². The molecule has 0 aliphatic heterocycles. The van der Waals surface area contributed by atoms with Crippen LogP contribution in [0.1, 0.15) is 17.5 Å². The molecule has 0 saturated carbocycles. The average molecular weight is 447 g/mol. The third-order valence-electron chi connectivity index (χ3n) is 4.76. The summed E-state index contributed by atoms with van der Waals surface area (Å²) in [4.78, 5) is 32.0. The minimum absolute atomic E-state index is 0.00700. The molecule has 1 heterocycles. The number of rotatable bonds is 8. The van der Waals surface area contributed by atoms with Gasteiger partial charge in [-0.15, -0.1) is 0 Å². The number of fused-ring (bicyclic) bond motifs is 1. The van der Waals surface area contributed by atoms with E-state index < -0.39 is 4.92 Å². The van der Waals surface area contributed by atoms with Crippen LogP contribution < -0.4 is 4.90 Å². The second kappa shape index (κ2) is 9.51. The summed E-state index contributed by atoms with van der Waals surface area (Å²) in [7, 11) is 3.98. The standard InChI is InChI=1S/C21H23ClN4O3S/c1-14-17(22)9-10-18-20(14)23-21(30-18)25(12-4-11-24(2)3)19(27)13-15-5-7-16(8-6-15)26(28)29/h5-10H,4,11-13H2,1-3H3. The van der Waals surface area contributed by atoms with Crippen molar-refractivity contribution < 1.29 is 9.72 Å². The van der Waals surface area contributed by atoms with E-state index in [0.29, 0.717) is 16.7 Å². The number of carbonyl (C=O) groups excluding carboxylic acids is 1. The lowest BCUT2D eigenvalue weighted by Crippen LogP contribution is -2.34. The summed E-state index contributed by atoms with van der Waals surface area (Å²) in [6.45, 7) is 3.30. The molecule has 7 nitrogen and oxygen atoms in total. The zero-order chi connectivity index (χ0) is 21.8. The molecule has 0 atom stereocenters. The summed E-state index contributed by atoms with van der Waals surface area (Å²) < 4.78 is 0.979. The molecule has 0 bridgehead atoms. The first-order chi connectivity index (χ1) is 14.3. The van der Waals surface area contributed by atoms with Gasteiger partial charge >= 0.3 is 0 Å². The minimum atomic E-state index is -0.451. The monoisotopic (exact) mass is 446 g/mol. The lowest BCUT2D eigenvalue weighted by molar-refractivity contribution is -0.384. The molecule has 9 heteroatoms. The van der Waals surface area contributed by atoms with Crippen molar-refractivity contribution in [3.63, 3.8) is 0 Å². The quantitative estimate of drug-likeness (QED) is 0.370. The van der Waals surface area contributed by atoms with Crippen LogP contribution in [-0.4, -0.2) is 47.9 Å². The molecule has 30 heavy (non-hydrogen) atoms. The van der Waals surface area contributed by atoms with Gasteiger partial charge in [0, 0.05) is 23.7 Å². The van der Waals surface area contributed by atoms with Gasteiger partial charge in [-0.1, -0.05) is 35.1 Å². The van der Waals surface area contributed by atoms with Gasteiger partial charge in [-0.25, -0.2) is 4.98 Å². The van der Waals surface area contributed by atoms with Crippen LogP contribution in [0.25, 0.3) is 10.2 Å². The van der Waals surface area contributed by atoms with E-state index in [4.69, 9.17) is 16.6 Å². The molecule has 0 radical (unpaired) electrons. The second-order valence-electron chi connectivity index (χ2n) is 7.32. The highest BCUT2D eigenvalue weighted by Crippen LogP contribution is 2.34. The van der Waals surface area contributed by atoms with Gasteiger partial charge in [-0.2, -0.15) is 0 Å². The number of hydrogen-bond acceptors (Lipinski definition) is 6. The van der Waals surface area contributed by atoms with E-state index >= 15 is 0 Å². The molecule has 3 rings (SSSR count). The number of amides is 1. The van der Waals surface area contributed by atoms with Gasteiger partial charge in [0.1, 0.15) is 0 Å². The van der Waals surface area contributed by atoms with Crippen molar-refractivity contribution in [1.82, 2.24) is 9.88 Å². The summed E-state index contributed by atoms with van der Waals surface area (Å²) in [6, 6.07) is 9.84. The third kappa shape index (κ3) is 5.13. The predicted octanol–water partition coefficient (Wildman–Crippen LogP) is 4.69. The molecule has 2 aromatic carbocycles. The molecule has 0 aliphatic carbocycles. The summed E-state index contributed by atoms with van der Waals surface area (Å²) in [5, 5.41) is 12.1. The number of nitrogens with zero attached hydrogens (tertiary/aromatic N) is 4. The normalized spacial score (nSPS) is 11.2. The van der Waals surface area contributed by atoms with Crippen molar-refractivity contribution >= 4 is 49.9 Å². The fourth-order valence-electron chi connectivity index (χ4n) is 3.08. The average Bonchev–Trinajstić information content (AvgIpc) is 3.13. The van der Waals surface area contributed by atoms with Gasteiger partial charge in [-0.05, 0) is 57.2 Å². The lowest BCUT2D eigenvalue weighted by Gasteiger charge is -2.21. The van der Waals surface area contributed by atoms with Gasteiger partial charge < -0.3 is 4.90 Å². The lowest BCUT2D eigenvalue weighted by atomic mass is 10.1. The smallest absolute Gasteiger partial charge is 0.269 e. The van der Waals surface area contributed by atoms with Crippen LogP contribution in [0.5, 0.6) is 0 Å². The number of thiazole rings is 1. The van der Waals surface area contributed by atoms with Crippen molar-refractivity contribution in [1.29, 1.82) is 0 Å². The Bertz CT molecular complexity index is 1070. The number of aryl methyl sites for hydroxylation is 1. The van der Waals surface area contributed by atoms with Gasteiger partial charge in [-0.3, -0.25) is 19.8 Å². The van der Waals surface area contributed by atoms with Crippen molar-refractivity contribution in [3.05, 3.63) is 62.7 Å². The number of benzene rings is 2. The van der Waals surface area contributed by atoms with Crippen LogP contribution in [0.3, 0.4) is 0 Å². The highest BCUT2D eigenvalue weighted by Gasteiger charge is 2.21. The minimum Gasteiger partial charge on any atom is -0.309 e. The first-order valence-electron chi connectivity index (χ1n) is 9.50. The Labute approximate surface area is 184 Å². The van der Waals surface area contributed by atoms with Crippen molar-refractivity contribution in [3.8, 4) is 0 Å². The predicted molar refractivity (Wildman–Crippen MR) is 122 cm³/mol. The van der Waals surface area contributed by atoms with E-state index in [1.165, 1.54) is 23.5 Å². The maximum absolute atomic E-state index is 13.2. The summed E-state index contributed by atoms with van der Waals surface area (Å²) in [5.41, 5.74) is 2.44. The summed E-state index contributed by atoms with van der Waals surface area (Å²) in [5.74, 6) is -0.0922. The van der Waals surface area contributed by atoms with E-state index in [9.17, 15) is 14.9 Å². The Hall–Kier alpha value is -2.55. The molecule has 0 saturated heterocycles. The SMILES string of the molecule is Cc1c(Cl)ccc2sc(N(CCCN(C)C)C(=O)Cc3ccc([N+](=O)[O-])cc3)nc12. The van der Waals surface area contributed by atoms with Crippen molar-refractivity contribution in [2.24, 2.45) is 0 Å². The molecule has 0 fully saturated rings. The summed E-state index contributed by atoms with van der Waals surface area (Å²) >= 11 is 7.70. The van der Waals surface area contributed by atoms with Crippen LogP contribution >= 0.6 is 22.9 Å². The number of nitro benzene ring substituents is 1. The first kappa shape index (κ1) is 22.1. The van der Waals surface area contributed by atoms with E-state index in [2.05, 4.69) is 4.90 Å². The number of aromatic nitrogens is 1. The fraction of sp³-hybridized carbons (Fsp3) is 0.333. The second-order valence-corrected chi connectivity index (χ2v) is 8.73. The Kier molecular flexibility index (Phi) is 7.02. The van der Waals surface area contributed by atoms with Crippen LogP contribution in [0.15, 0.2) is 36.4 Å². The van der Waals surface area contributed by atoms with Gasteiger partial charge in [0.15, 0.2) is 5.13 Å². The maximum atomic E-state index is 13.2. The molecule has 0 aliphatic rings. The molecular weight excluding hydrogens is 424 g/mol. The molecule has 0 N–H and O–H groups in total. The van der Waals surface area contributed by atoms with Crippen LogP contribution in [0.4, 0.5) is 10.8 Å². The molecule has 1 aromatic heterocycles. The molecule has 158 valence electrons. The fourth-order valence-corrected chi connectivity index (χ4v) is 4.30.